The van der Waals surface area contributed by atoms with Crippen LogP contribution in [0.1, 0.15) is 29.7 Å². The molecule has 3 N–H and O–H groups in total. The normalized spacial score (nSPS) is 12.2. The van der Waals surface area contributed by atoms with Crippen LogP contribution >= 0.6 is 0 Å². The molecule has 0 saturated carbocycles. The SMILES string of the molecule is Cc1ccc(OCc2cccc(O)c2)c([C@H](C)N)c1. The molecule has 0 aliphatic carbocycles. The highest BCUT2D eigenvalue weighted by atomic mass is 16.5. The van der Waals surface area contributed by atoms with Crippen molar-refractivity contribution in [3.8, 4) is 11.5 Å². The zero-order valence-electron chi connectivity index (χ0n) is 11.3. The Labute approximate surface area is 113 Å². The Morgan fingerprint density at radius 3 is 2.68 bits per heavy atom. The highest BCUT2D eigenvalue weighted by Crippen LogP contribution is 2.26. The smallest absolute Gasteiger partial charge is 0.124 e. The van der Waals surface area contributed by atoms with Crippen molar-refractivity contribution in [1.82, 2.24) is 0 Å². The molecule has 2 aromatic carbocycles. The Morgan fingerprint density at radius 1 is 1.21 bits per heavy atom. The van der Waals surface area contributed by atoms with Gasteiger partial charge in [-0.2, -0.15) is 0 Å². The lowest BCUT2D eigenvalue weighted by atomic mass is 10.1. The molecule has 0 fully saturated rings. The Kier molecular flexibility index (Phi) is 4.07. The lowest BCUT2D eigenvalue weighted by molar-refractivity contribution is 0.300. The maximum absolute atomic E-state index is 9.41. The summed E-state index contributed by atoms with van der Waals surface area (Å²) in [5.74, 6) is 1.04. The first-order valence-corrected chi connectivity index (χ1v) is 6.33. The predicted molar refractivity (Wildman–Crippen MR) is 76.2 cm³/mol. The van der Waals surface area contributed by atoms with E-state index < -0.39 is 0 Å². The molecule has 0 unspecified atom stereocenters. The third-order valence-electron chi connectivity index (χ3n) is 2.96. The largest absolute Gasteiger partial charge is 0.508 e. The van der Waals surface area contributed by atoms with Gasteiger partial charge in [-0.25, -0.2) is 0 Å². The quantitative estimate of drug-likeness (QED) is 0.883. The van der Waals surface area contributed by atoms with Gasteiger partial charge in [0.05, 0.1) is 0 Å². The minimum atomic E-state index is -0.0703. The lowest BCUT2D eigenvalue weighted by Gasteiger charge is -2.15. The van der Waals surface area contributed by atoms with Crippen molar-refractivity contribution in [2.75, 3.05) is 0 Å². The Bertz CT molecular complexity index is 564. The van der Waals surface area contributed by atoms with Crippen LogP contribution < -0.4 is 10.5 Å². The second-order valence-electron chi connectivity index (χ2n) is 4.79. The summed E-state index contributed by atoms with van der Waals surface area (Å²) in [6.07, 6.45) is 0. The summed E-state index contributed by atoms with van der Waals surface area (Å²) in [6.45, 7) is 4.39. The second kappa shape index (κ2) is 5.76. The molecule has 0 aromatic heterocycles. The average Bonchev–Trinajstić information content (AvgIpc) is 2.37. The van der Waals surface area contributed by atoms with Crippen molar-refractivity contribution in [2.45, 2.75) is 26.5 Å². The highest BCUT2D eigenvalue weighted by Gasteiger charge is 2.08. The molecule has 0 bridgehead atoms. The molecule has 0 heterocycles. The van der Waals surface area contributed by atoms with Crippen molar-refractivity contribution >= 4 is 0 Å². The Hall–Kier alpha value is -2.00. The summed E-state index contributed by atoms with van der Waals surface area (Å²) in [5, 5.41) is 9.41. The van der Waals surface area contributed by atoms with Gasteiger partial charge >= 0.3 is 0 Å². The molecule has 0 saturated heterocycles. The summed E-state index contributed by atoms with van der Waals surface area (Å²) in [7, 11) is 0. The van der Waals surface area contributed by atoms with Crippen LogP contribution in [-0.4, -0.2) is 5.11 Å². The van der Waals surface area contributed by atoms with E-state index in [1.165, 1.54) is 0 Å². The molecule has 0 aliphatic rings. The van der Waals surface area contributed by atoms with Crippen molar-refractivity contribution in [3.63, 3.8) is 0 Å². The predicted octanol–water partition coefficient (Wildman–Crippen LogP) is 3.30. The van der Waals surface area contributed by atoms with Gasteiger partial charge in [0.2, 0.25) is 0 Å². The van der Waals surface area contributed by atoms with Gasteiger partial charge in [0.15, 0.2) is 0 Å². The summed E-state index contributed by atoms with van der Waals surface area (Å²) in [6, 6.07) is 13.0. The number of aromatic hydroxyl groups is 1. The third-order valence-corrected chi connectivity index (χ3v) is 2.96. The minimum absolute atomic E-state index is 0.0703. The molecule has 0 radical (unpaired) electrons. The molecule has 19 heavy (non-hydrogen) atoms. The van der Waals surface area contributed by atoms with E-state index in [1.807, 2.05) is 38.1 Å². The van der Waals surface area contributed by atoms with Crippen LogP contribution in [0.4, 0.5) is 0 Å². The first-order valence-electron chi connectivity index (χ1n) is 6.33. The first kappa shape index (κ1) is 13.4. The Morgan fingerprint density at radius 2 is 2.00 bits per heavy atom. The van der Waals surface area contributed by atoms with Crippen LogP contribution in [0.3, 0.4) is 0 Å². The molecule has 2 rings (SSSR count). The van der Waals surface area contributed by atoms with Gasteiger partial charge in [0.1, 0.15) is 18.1 Å². The molecular formula is C16H19NO2. The lowest BCUT2D eigenvalue weighted by Crippen LogP contribution is -2.08. The standard InChI is InChI=1S/C16H19NO2/c1-11-6-7-16(15(8-11)12(2)17)19-10-13-4-3-5-14(18)9-13/h3-9,12,18H,10,17H2,1-2H3/t12-/m0/s1. The van der Waals surface area contributed by atoms with E-state index in [4.69, 9.17) is 10.5 Å². The van der Waals surface area contributed by atoms with Crippen molar-refractivity contribution in [2.24, 2.45) is 5.73 Å². The minimum Gasteiger partial charge on any atom is -0.508 e. The van der Waals surface area contributed by atoms with E-state index >= 15 is 0 Å². The molecule has 3 nitrogen and oxygen atoms in total. The third kappa shape index (κ3) is 3.48. The van der Waals surface area contributed by atoms with Crippen LogP contribution in [0.5, 0.6) is 11.5 Å². The summed E-state index contributed by atoms with van der Waals surface area (Å²) >= 11 is 0. The zero-order valence-corrected chi connectivity index (χ0v) is 11.3. The molecule has 0 amide bonds. The molecule has 0 aliphatic heterocycles. The van der Waals surface area contributed by atoms with Gasteiger partial charge in [-0.05, 0) is 37.6 Å². The number of hydrogen-bond donors (Lipinski definition) is 2. The maximum Gasteiger partial charge on any atom is 0.124 e. The fourth-order valence-electron chi connectivity index (χ4n) is 1.96. The maximum atomic E-state index is 9.41. The van der Waals surface area contributed by atoms with E-state index in [0.717, 1.165) is 22.4 Å². The van der Waals surface area contributed by atoms with E-state index in [-0.39, 0.29) is 11.8 Å². The second-order valence-corrected chi connectivity index (χ2v) is 4.79. The van der Waals surface area contributed by atoms with Gasteiger partial charge < -0.3 is 15.6 Å². The number of phenolic OH excluding ortho intramolecular Hbond substituents is 1. The van der Waals surface area contributed by atoms with Crippen LogP contribution in [0.15, 0.2) is 42.5 Å². The van der Waals surface area contributed by atoms with Crippen LogP contribution in [-0.2, 0) is 6.61 Å². The zero-order chi connectivity index (χ0) is 13.8. The summed E-state index contributed by atoms with van der Waals surface area (Å²) < 4.78 is 5.80. The van der Waals surface area contributed by atoms with Gasteiger partial charge in [0, 0.05) is 11.6 Å². The number of aryl methyl sites for hydroxylation is 1. The van der Waals surface area contributed by atoms with Crippen LogP contribution in [0.25, 0.3) is 0 Å². The molecule has 1 atom stereocenters. The van der Waals surface area contributed by atoms with Crippen LogP contribution in [0, 0.1) is 6.92 Å². The topological polar surface area (TPSA) is 55.5 Å². The number of rotatable bonds is 4. The van der Waals surface area contributed by atoms with Gasteiger partial charge in [0.25, 0.3) is 0 Å². The number of nitrogens with two attached hydrogens (primary N) is 1. The van der Waals surface area contributed by atoms with Crippen molar-refractivity contribution in [3.05, 3.63) is 59.2 Å². The van der Waals surface area contributed by atoms with E-state index in [1.54, 1.807) is 18.2 Å². The summed E-state index contributed by atoms with van der Waals surface area (Å²) in [4.78, 5) is 0. The van der Waals surface area contributed by atoms with E-state index in [2.05, 4.69) is 0 Å². The van der Waals surface area contributed by atoms with Crippen molar-refractivity contribution < 1.29 is 9.84 Å². The molecule has 2 aromatic rings. The monoisotopic (exact) mass is 257 g/mol. The highest BCUT2D eigenvalue weighted by molar-refractivity contribution is 5.39. The fraction of sp³-hybridized carbons (Fsp3) is 0.250. The first-order chi connectivity index (χ1) is 9.06. The Balaban J connectivity index is 2.15. The summed E-state index contributed by atoms with van der Waals surface area (Å²) in [5.41, 5.74) is 9.05. The van der Waals surface area contributed by atoms with E-state index in [9.17, 15) is 5.11 Å². The van der Waals surface area contributed by atoms with Crippen molar-refractivity contribution in [1.29, 1.82) is 0 Å². The van der Waals surface area contributed by atoms with Crippen LogP contribution in [0.2, 0.25) is 0 Å². The molecule has 3 heteroatoms. The number of ether oxygens (including phenoxy) is 1. The van der Waals surface area contributed by atoms with E-state index in [0.29, 0.717) is 6.61 Å². The molecular weight excluding hydrogens is 238 g/mol. The number of phenols is 1. The average molecular weight is 257 g/mol. The van der Waals surface area contributed by atoms with Gasteiger partial charge in [-0.1, -0.05) is 29.8 Å². The van der Waals surface area contributed by atoms with Gasteiger partial charge in [-0.15, -0.1) is 0 Å². The molecule has 0 spiro atoms. The number of benzene rings is 2. The number of hydrogen-bond acceptors (Lipinski definition) is 3. The molecule has 100 valence electrons. The fourth-order valence-corrected chi connectivity index (χ4v) is 1.96. The van der Waals surface area contributed by atoms with Gasteiger partial charge in [-0.3, -0.25) is 0 Å².